The van der Waals surface area contributed by atoms with Gasteiger partial charge < -0.3 is 0 Å². The minimum atomic E-state index is -0.354. The predicted octanol–water partition coefficient (Wildman–Crippen LogP) is 3.88. The highest BCUT2D eigenvalue weighted by Gasteiger charge is 2.05. The zero-order valence-corrected chi connectivity index (χ0v) is 7.91. The van der Waals surface area contributed by atoms with Gasteiger partial charge in [0.2, 0.25) is 0 Å². The maximum absolute atomic E-state index is 12.9. The van der Waals surface area contributed by atoms with E-state index in [2.05, 4.69) is 22.5 Å². The number of rotatable bonds is 1. The van der Waals surface area contributed by atoms with E-state index in [-0.39, 0.29) is 5.82 Å². The van der Waals surface area contributed by atoms with Crippen LogP contribution in [0.4, 0.5) is 4.39 Å². The normalized spacial score (nSPS) is 9.73. The molecule has 0 amide bonds. The summed E-state index contributed by atoms with van der Waals surface area (Å²) in [6, 6.07) is 2.90. The van der Waals surface area contributed by atoms with Crippen molar-refractivity contribution in [1.82, 2.24) is 0 Å². The molecular weight excluding hydrogens is 230 g/mol. The van der Waals surface area contributed by atoms with Gasteiger partial charge in [0.15, 0.2) is 0 Å². The highest BCUT2D eigenvalue weighted by Crippen LogP contribution is 2.28. The maximum atomic E-state index is 12.9. The van der Waals surface area contributed by atoms with E-state index in [0.29, 0.717) is 15.1 Å². The Labute approximate surface area is 77.8 Å². The average molecular weight is 235 g/mol. The Balaban J connectivity index is 3.40. The lowest BCUT2D eigenvalue weighted by Gasteiger charge is -2.01. The molecule has 0 fully saturated rings. The molecule has 11 heavy (non-hydrogen) atoms. The van der Waals surface area contributed by atoms with Crippen LogP contribution in [-0.2, 0) is 0 Å². The average Bonchev–Trinajstić information content (AvgIpc) is 1.99. The Bertz CT molecular complexity index is 296. The summed E-state index contributed by atoms with van der Waals surface area (Å²) in [5.41, 5.74) is 0.334. The van der Waals surface area contributed by atoms with Crippen molar-refractivity contribution < 1.29 is 4.39 Å². The van der Waals surface area contributed by atoms with Crippen molar-refractivity contribution >= 4 is 33.6 Å². The van der Waals surface area contributed by atoms with Gasteiger partial charge in [-0.3, -0.25) is 0 Å². The smallest absolute Gasteiger partial charge is 0.131 e. The number of benzene rings is 1. The lowest BCUT2D eigenvalue weighted by Crippen LogP contribution is -1.83. The molecule has 1 aromatic rings. The van der Waals surface area contributed by atoms with Crippen LogP contribution in [-0.4, -0.2) is 0 Å². The molecule has 0 radical (unpaired) electrons. The summed E-state index contributed by atoms with van der Waals surface area (Å²) in [4.78, 5) is 0. The first kappa shape index (κ1) is 8.75. The van der Waals surface area contributed by atoms with Gasteiger partial charge in [-0.25, -0.2) is 4.39 Å². The summed E-state index contributed by atoms with van der Waals surface area (Å²) in [7, 11) is 0. The Morgan fingerprint density at radius 2 is 2.18 bits per heavy atom. The second-order valence-electron chi connectivity index (χ2n) is 1.96. The SMILES string of the molecule is C=Cc1c(F)ccc(Br)c1Cl. The van der Waals surface area contributed by atoms with Gasteiger partial charge in [0.1, 0.15) is 5.82 Å². The summed E-state index contributed by atoms with van der Waals surface area (Å²) in [5, 5.41) is 0.361. The van der Waals surface area contributed by atoms with Gasteiger partial charge in [-0.15, -0.1) is 0 Å². The first-order chi connectivity index (χ1) is 5.16. The highest BCUT2D eigenvalue weighted by molar-refractivity contribution is 9.10. The zero-order valence-electron chi connectivity index (χ0n) is 5.57. The third kappa shape index (κ3) is 1.63. The van der Waals surface area contributed by atoms with E-state index in [1.807, 2.05) is 0 Å². The molecule has 0 saturated heterocycles. The summed E-state index contributed by atoms with van der Waals surface area (Å²) in [5.74, 6) is -0.354. The van der Waals surface area contributed by atoms with E-state index in [9.17, 15) is 4.39 Å². The standard InChI is InChI=1S/C8H5BrClF/c1-2-5-7(11)4-3-6(9)8(5)10/h2-4H,1H2. The first-order valence-corrected chi connectivity index (χ1v) is 4.10. The Morgan fingerprint density at radius 1 is 1.55 bits per heavy atom. The van der Waals surface area contributed by atoms with Crippen LogP contribution in [0.5, 0.6) is 0 Å². The van der Waals surface area contributed by atoms with E-state index in [1.165, 1.54) is 12.1 Å². The van der Waals surface area contributed by atoms with Crippen molar-refractivity contribution in [3.05, 3.63) is 39.6 Å². The number of hydrogen-bond acceptors (Lipinski definition) is 0. The molecule has 1 aromatic carbocycles. The van der Waals surface area contributed by atoms with Crippen LogP contribution >= 0.6 is 27.5 Å². The lowest BCUT2D eigenvalue weighted by atomic mass is 10.2. The van der Waals surface area contributed by atoms with Gasteiger partial charge >= 0.3 is 0 Å². The van der Waals surface area contributed by atoms with Crippen molar-refractivity contribution in [3.8, 4) is 0 Å². The third-order valence-electron chi connectivity index (χ3n) is 1.28. The zero-order chi connectivity index (χ0) is 8.43. The molecule has 1 rings (SSSR count). The van der Waals surface area contributed by atoms with Crippen molar-refractivity contribution in [2.24, 2.45) is 0 Å². The fourth-order valence-corrected chi connectivity index (χ4v) is 1.31. The molecular formula is C8H5BrClF. The molecule has 0 nitrogen and oxygen atoms in total. The third-order valence-corrected chi connectivity index (χ3v) is 2.58. The molecule has 0 N–H and O–H groups in total. The Kier molecular flexibility index (Phi) is 2.68. The second-order valence-corrected chi connectivity index (χ2v) is 3.19. The quantitative estimate of drug-likeness (QED) is 0.648. The van der Waals surface area contributed by atoms with Gasteiger partial charge in [-0.2, -0.15) is 0 Å². The van der Waals surface area contributed by atoms with E-state index in [0.717, 1.165) is 0 Å². The van der Waals surface area contributed by atoms with E-state index in [4.69, 9.17) is 11.6 Å². The van der Waals surface area contributed by atoms with Crippen LogP contribution in [0.2, 0.25) is 5.02 Å². The molecule has 3 heteroatoms. The van der Waals surface area contributed by atoms with Gasteiger partial charge in [0.25, 0.3) is 0 Å². The minimum Gasteiger partial charge on any atom is -0.206 e. The van der Waals surface area contributed by atoms with E-state index < -0.39 is 0 Å². The van der Waals surface area contributed by atoms with Crippen LogP contribution < -0.4 is 0 Å². The molecule has 0 aliphatic rings. The molecule has 0 unspecified atom stereocenters. The topological polar surface area (TPSA) is 0 Å². The van der Waals surface area contributed by atoms with Gasteiger partial charge in [-0.05, 0) is 28.1 Å². The largest absolute Gasteiger partial charge is 0.206 e. The molecule has 0 atom stereocenters. The second kappa shape index (κ2) is 3.37. The summed E-state index contributed by atoms with van der Waals surface area (Å²) < 4.78 is 13.5. The fourth-order valence-electron chi connectivity index (χ4n) is 0.730. The molecule has 0 saturated carbocycles. The monoisotopic (exact) mass is 234 g/mol. The molecule has 0 aliphatic heterocycles. The number of hydrogen-bond donors (Lipinski definition) is 0. The summed E-state index contributed by atoms with van der Waals surface area (Å²) in [6.07, 6.45) is 1.39. The molecule has 0 aromatic heterocycles. The lowest BCUT2D eigenvalue weighted by molar-refractivity contribution is 0.625. The molecule has 0 heterocycles. The summed E-state index contributed by atoms with van der Waals surface area (Å²) >= 11 is 8.92. The van der Waals surface area contributed by atoms with Crippen LogP contribution in [0, 0.1) is 5.82 Å². The van der Waals surface area contributed by atoms with Crippen LogP contribution in [0.15, 0.2) is 23.2 Å². The molecule has 0 aliphatic carbocycles. The maximum Gasteiger partial charge on any atom is 0.131 e. The fraction of sp³-hybridized carbons (Fsp3) is 0. The van der Waals surface area contributed by atoms with Gasteiger partial charge in [0.05, 0.1) is 5.02 Å². The highest BCUT2D eigenvalue weighted by atomic mass is 79.9. The van der Waals surface area contributed by atoms with Crippen molar-refractivity contribution in [3.63, 3.8) is 0 Å². The summed E-state index contributed by atoms with van der Waals surface area (Å²) in [6.45, 7) is 3.45. The van der Waals surface area contributed by atoms with E-state index in [1.54, 1.807) is 6.07 Å². The van der Waals surface area contributed by atoms with Gasteiger partial charge in [0, 0.05) is 10.0 Å². The van der Waals surface area contributed by atoms with Crippen molar-refractivity contribution in [2.75, 3.05) is 0 Å². The van der Waals surface area contributed by atoms with Gasteiger partial charge in [-0.1, -0.05) is 24.3 Å². The molecule has 58 valence electrons. The minimum absolute atomic E-state index is 0.334. The Hall–Kier alpha value is -0.340. The van der Waals surface area contributed by atoms with E-state index >= 15 is 0 Å². The van der Waals surface area contributed by atoms with Crippen molar-refractivity contribution in [2.45, 2.75) is 0 Å². The first-order valence-electron chi connectivity index (χ1n) is 2.92. The van der Waals surface area contributed by atoms with Crippen LogP contribution in [0.1, 0.15) is 5.56 Å². The number of halogens is 3. The van der Waals surface area contributed by atoms with Crippen LogP contribution in [0.25, 0.3) is 6.08 Å². The Morgan fingerprint density at radius 3 is 2.64 bits per heavy atom. The van der Waals surface area contributed by atoms with Crippen molar-refractivity contribution in [1.29, 1.82) is 0 Å². The van der Waals surface area contributed by atoms with Crippen LogP contribution in [0.3, 0.4) is 0 Å². The predicted molar refractivity (Wildman–Crippen MR) is 49.2 cm³/mol. The molecule has 0 spiro atoms. The molecule has 0 bridgehead atoms.